The Labute approximate surface area is 108 Å². The molecule has 0 spiro atoms. The van der Waals surface area contributed by atoms with Gasteiger partial charge < -0.3 is 10.3 Å². The van der Waals surface area contributed by atoms with Crippen LogP contribution in [0, 0.1) is 12.7 Å². The summed E-state index contributed by atoms with van der Waals surface area (Å²) in [6, 6.07) is 4.78. The first kappa shape index (κ1) is 11.6. The zero-order valence-electron chi connectivity index (χ0n) is 10.3. The standard InChI is InChI=1S/C13H12FN5/c1-8-5-17-9(6-16-8)7-19-11-4-2-3-10(14)12(11)18-13(19)15/h2-6H,7H2,1H3,(H2,15,18). The van der Waals surface area contributed by atoms with Crippen LogP contribution in [0.15, 0.2) is 30.6 Å². The maximum Gasteiger partial charge on any atom is 0.201 e. The lowest BCUT2D eigenvalue weighted by molar-refractivity contribution is 0.637. The molecular formula is C13H12FN5. The van der Waals surface area contributed by atoms with Crippen LogP contribution in [0.1, 0.15) is 11.4 Å². The number of halogens is 1. The number of benzene rings is 1. The number of nitrogen functional groups attached to an aromatic ring is 1. The third-order valence-corrected chi connectivity index (χ3v) is 2.91. The SMILES string of the molecule is Cc1cnc(Cn2c(N)nc3c(F)cccc32)cn1. The van der Waals surface area contributed by atoms with Gasteiger partial charge in [0.2, 0.25) is 5.95 Å². The Morgan fingerprint density at radius 1 is 1.26 bits per heavy atom. The minimum absolute atomic E-state index is 0.266. The number of hydrogen-bond acceptors (Lipinski definition) is 4. The van der Waals surface area contributed by atoms with Crippen LogP contribution in [0.4, 0.5) is 10.3 Å². The third-order valence-electron chi connectivity index (χ3n) is 2.91. The molecule has 1 aromatic carbocycles. The summed E-state index contributed by atoms with van der Waals surface area (Å²) in [5, 5.41) is 0. The Hall–Kier alpha value is -2.50. The molecule has 0 aliphatic carbocycles. The topological polar surface area (TPSA) is 69.6 Å². The first-order valence-electron chi connectivity index (χ1n) is 5.83. The van der Waals surface area contributed by atoms with E-state index in [0.717, 1.165) is 11.4 Å². The van der Waals surface area contributed by atoms with Crippen LogP contribution in [0.5, 0.6) is 0 Å². The third kappa shape index (κ3) is 2.01. The van der Waals surface area contributed by atoms with Crippen LogP contribution in [0.3, 0.4) is 0 Å². The van der Waals surface area contributed by atoms with E-state index in [1.54, 1.807) is 29.1 Å². The van der Waals surface area contributed by atoms with Gasteiger partial charge in [-0.25, -0.2) is 9.37 Å². The van der Waals surface area contributed by atoms with Gasteiger partial charge in [0.1, 0.15) is 5.52 Å². The molecule has 2 N–H and O–H groups in total. The van der Waals surface area contributed by atoms with Crippen LogP contribution in [-0.4, -0.2) is 19.5 Å². The van der Waals surface area contributed by atoms with E-state index in [9.17, 15) is 4.39 Å². The van der Waals surface area contributed by atoms with E-state index in [4.69, 9.17) is 5.73 Å². The summed E-state index contributed by atoms with van der Waals surface area (Å²) in [6.07, 6.45) is 3.37. The maximum atomic E-state index is 13.6. The van der Waals surface area contributed by atoms with Gasteiger partial charge in [-0.15, -0.1) is 0 Å². The predicted octanol–water partition coefficient (Wildman–Crippen LogP) is 1.90. The van der Waals surface area contributed by atoms with E-state index >= 15 is 0 Å². The second-order valence-electron chi connectivity index (χ2n) is 4.31. The number of rotatable bonds is 2. The van der Waals surface area contributed by atoms with Gasteiger partial charge in [-0.1, -0.05) is 6.07 Å². The normalized spacial score (nSPS) is 11.1. The summed E-state index contributed by atoms with van der Waals surface area (Å²) >= 11 is 0. The Kier molecular flexibility index (Phi) is 2.63. The number of fused-ring (bicyclic) bond motifs is 1. The summed E-state index contributed by atoms with van der Waals surface area (Å²) < 4.78 is 15.3. The molecule has 3 aromatic rings. The highest BCUT2D eigenvalue weighted by Gasteiger charge is 2.12. The lowest BCUT2D eigenvalue weighted by Gasteiger charge is -2.05. The van der Waals surface area contributed by atoms with E-state index < -0.39 is 0 Å². The summed E-state index contributed by atoms with van der Waals surface area (Å²) in [5.74, 6) is -0.111. The van der Waals surface area contributed by atoms with Crippen LogP contribution in [0.2, 0.25) is 0 Å². The van der Waals surface area contributed by atoms with Crippen molar-refractivity contribution in [1.82, 2.24) is 19.5 Å². The van der Waals surface area contributed by atoms with E-state index in [0.29, 0.717) is 12.1 Å². The summed E-state index contributed by atoms with van der Waals surface area (Å²) in [7, 11) is 0. The number of aryl methyl sites for hydroxylation is 1. The molecule has 0 saturated carbocycles. The Morgan fingerprint density at radius 3 is 2.84 bits per heavy atom. The van der Waals surface area contributed by atoms with Gasteiger partial charge in [-0.2, -0.15) is 0 Å². The molecule has 3 rings (SSSR count). The van der Waals surface area contributed by atoms with Crippen molar-refractivity contribution in [2.45, 2.75) is 13.5 Å². The number of hydrogen-bond donors (Lipinski definition) is 1. The van der Waals surface area contributed by atoms with Gasteiger partial charge >= 0.3 is 0 Å². The lowest BCUT2D eigenvalue weighted by Crippen LogP contribution is -2.06. The minimum atomic E-state index is -0.377. The molecular weight excluding hydrogens is 245 g/mol. The number of para-hydroxylation sites is 1. The van der Waals surface area contributed by atoms with Crippen molar-refractivity contribution >= 4 is 17.0 Å². The second-order valence-corrected chi connectivity index (χ2v) is 4.31. The van der Waals surface area contributed by atoms with Gasteiger partial charge in [0.25, 0.3) is 0 Å². The van der Waals surface area contributed by atoms with Crippen LogP contribution in [-0.2, 0) is 6.54 Å². The monoisotopic (exact) mass is 257 g/mol. The molecule has 0 saturated heterocycles. The number of aromatic nitrogens is 4. The molecule has 0 unspecified atom stereocenters. The maximum absolute atomic E-state index is 13.6. The van der Waals surface area contributed by atoms with Crippen molar-refractivity contribution in [2.24, 2.45) is 0 Å². The molecule has 0 amide bonds. The molecule has 5 nitrogen and oxygen atoms in total. The molecule has 0 aliphatic heterocycles. The Bertz CT molecular complexity index is 733. The van der Waals surface area contributed by atoms with Gasteiger partial charge in [0, 0.05) is 6.20 Å². The largest absolute Gasteiger partial charge is 0.369 e. The first-order chi connectivity index (χ1) is 9.15. The van der Waals surface area contributed by atoms with Crippen molar-refractivity contribution in [2.75, 3.05) is 5.73 Å². The number of imidazole rings is 1. The first-order valence-corrected chi connectivity index (χ1v) is 5.83. The van der Waals surface area contributed by atoms with E-state index in [1.807, 2.05) is 6.92 Å². The van der Waals surface area contributed by atoms with E-state index in [-0.39, 0.29) is 17.3 Å². The Morgan fingerprint density at radius 2 is 2.11 bits per heavy atom. The molecule has 0 bridgehead atoms. The number of nitrogens with zero attached hydrogens (tertiary/aromatic N) is 4. The molecule has 0 radical (unpaired) electrons. The van der Waals surface area contributed by atoms with Crippen molar-refractivity contribution in [3.63, 3.8) is 0 Å². The smallest absolute Gasteiger partial charge is 0.201 e. The number of anilines is 1. The molecule has 0 aliphatic rings. The highest BCUT2D eigenvalue weighted by Crippen LogP contribution is 2.21. The number of nitrogens with two attached hydrogens (primary N) is 1. The van der Waals surface area contributed by atoms with Gasteiger partial charge in [0.05, 0.1) is 29.6 Å². The van der Waals surface area contributed by atoms with Gasteiger partial charge in [-0.3, -0.25) is 9.97 Å². The van der Waals surface area contributed by atoms with Crippen molar-refractivity contribution in [1.29, 1.82) is 0 Å². The van der Waals surface area contributed by atoms with Crippen LogP contribution >= 0.6 is 0 Å². The zero-order valence-corrected chi connectivity index (χ0v) is 10.3. The van der Waals surface area contributed by atoms with E-state index in [2.05, 4.69) is 15.0 Å². The lowest BCUT2D eigenvalue weighted by atomic mass is 10.3. The molecule has 96 valence electrons. The zero-order chi connectivity index (χ0) is 13.4. The quantitative estimate of drug-likeness (QED) is 0.761. The minimum Gasteiger partial charge on any atom is -0.369 e. The fourth-order valence-corrected chi connectivity index (χ4v) is 1.96. The average molecular weight is 257 g/mol. The fraction of sp³-hybridized carbons (Fsp3) is 0.154. The molecule has 2 aromatic heterocycles. The summed E-state index contributed by atoms with van der Waals surface area (Å²) in [4.78, 5) is 12.5. The average Bonchev–Trinajstić information content (AvgIpc) is 2.71. The fourth-order valence-electron chi connectivity index (χ4n) is 1.96. The van der Waals surface area contributed by atoms with Gasteiger partial charge in [-0.05, 0) is 19.1 Å². The summed E-state index contributed by atoms with van der Waals surface area (Å²) in [6.45, 7) is 2.28. The summed E-state index contributed by atoms with van der Waals surface area (Å²) in [5.41, 5.74) is 8.36. The van der Waals surface area contributed by atoms with Crippen LogP contribution in [0.25, 0.3) is 11.0 Å². The van der Waals surface area contributed by atoms with Crippen molar-refractivity contribution in [3.8, 4) is 0 Å². The highest BCUT2D eigenvalue weighted by molar-refractivity contribution is 5.78. The molecule has 6 heteroatoms. The molecule has 19 heavy (non-hydrogen) atoms. The highest BCUT2D eigenvalue weighted by atomic mass is 19.1. The van der Waals surface area contributed by atoms with E-state index in [1.165, 1.54) is 6.07 Å². The van der Waals surface area contributed by atoms with Gasteiger partial charge in [0.15, 0.2) is 5.82 Å². The van der Waals surface area contributed by atoms with Crippen molar-refractivity contribution < 1.29 is 4.39 Å². The van der Waals surface area contributed by atoms with Crippen molar-refractivity contribution in [3.05, 3.63) is 47.8 Å². The van der Waals surface area contributed by atoms with Crippen LogP contribution < -0.4 is 5.73 Å². The molecule has 0 atom stereocenters. The molecule has 0 fully saturated rings. The second kappa shape index (κ2) is 4.31. The predicted molar refractivity (Wildman–Crippen MR) is 70.0 cm³/mol. The Balaban J connectivity index is 2.07. The molecule has 2 heterocycles.